The van der Waals surface area contributed by atoms with Crippen LogP contribution in [0.4, 0.5) is 5.13 Å². The standard InChI is InChI=1S/C10H18N4O2S2/c1-11-8-9-4-2-3-6-14(9)18(15,16)13-10-12-5-7-17-10/h5,7,9,11H,2-4,6,8H2,1H3,(H,12,13). The van der Waals surface area contributed by atoms with Gasteiger partial charge in [0.05, 0.1) is 0 Å². The minimum Gasteiger partial charge on any atom is -0.318 e. The highest BCUT2D eigenvalue weighted by molar-refractivity contribution is 7.90. The van der Waals surface area contributed by atoms with E-state index in [9.17, 15) is 8.42 Å². The molecule has 0 amide bonds. The van der Waals surface area contributed by atoms with Crippen LogP contribution in [0, 0.1) is 0 Å². The molecule has 1 aliphatic heterocycles. The van der Waals surface area contributed by atoms with E-state index < -0.39 is 10.2 Å². The Morgan fingerprint density at radius 2 is 2.39 bits per heavy atom. The number of nitrogens with zero attached hydrogens (tertiary/aromatic N) is 2. The molecule has 0 radical (unpaired) electrons. The van der Waals surface area contributed by atoms with Crippen molar-refractivity contribution in [2.45, 2.75) is 25.3 Å². The fourth-order valence-corrected chi connectivity index (χ4v) is 4.39. The predicted molar refractivity (Wildman–Crippen MR) is 72.9 cm³/mol. The minimum atomic E-state index is -3.49. The molecule has 0 spiro atoms. The zero-order valence-electron chi connectivity index (χ0n) is 10.3. The number of anilines is 1. The summed E-state index contributed by atoms with van der Waals surface area (Å²) in [6.07, 6.45) is 4.48. The highest BCUT2D eigenvalue weighted by atomic mass is 32.2. The molecule has 8 heteroatoms. The molecule has 1 unspecified atom stereocenters. The summed E-state index contributed by atoms with van der Waals surface area (Å²) in [6, 6.07) is 0.0289. The Bertz CT molecular complexity index is 458. The number of thiazole rings is 1. The van der Waals surface area contributed by atoms with E-state index in [-0.39, 0.29) is 6.04 Å². The van der Waals surface area contributed by atoms with Crippen LogP contribution in [-0.2, 0) is 10.2 Å². The molecule has 2 rings (SSSR count). The molecule has 102 valence electrons. The Balaban J connectivity index is 2.11. The van der Waals surface area contributed by atoms with Gasteiger partial charge in [0.25, 0.3) is 0 Å². The smallest absolute Gasteiger partial charge is 0.303 e. The Morgan fingerprint density at radius 3 is 3.06 bits per heavy atom. The van der Waals surface area contributed by atoms with Crippen LogP contribution in [0.1, 0.15) is 19.3 Å². The quantitative estimate of drug-likeness (QED) is 0.844. The molecule has 2 heterocycles. The van der Waals surface area contributed by atoms with Crippen molar-refractivity contribution in [3.8, 4) is 0 Å². The Hall–Kier alpha value is -0.700. The third kappa shape index (κ3) is 3.19. The van der Waals surface area contributed by atoms with Crippen LogP contribution in [0.5, 0.6) is 0 Å². The average molecular weight is 290 g/mol. The van der Waals surface area contributed by atoms with E-state index in [0.29, 0.717) is 18.2 Å². The largest absolute Gasteiger partial charge is 0.318 e. The van der Waals surface area contributed by atoms with Gasteiger partial charge in [0.2, 0.25) is 0 Å². The lowest BCUT2D eigenvalue weighted by molar-refractivity contribution is 0.250. The third-order valence-corrected chi connectivity index (χ3v) is 5.34. The van der Waals surface area contributed by atoms with Crippen molar-refractivity contribution in [1.82, 2.24) is 14.6 Å². The lowest BCUT2D eigenvalue weighted by atomic mass is 10.1. The second-order valence-electron chi connectivity index (χ2n) is 4.26. The fraction of sp³-hybridized carbons (Fsp3) is 0.700. The predicted octanol–water partition coefficient (Wildman–Crippen LogP) is 0.874. The summed E-state index contributed by atoms with van der Waals surface area (Å²) in [4.78, 5) is 3.95. The van der Waals surface area contributed by atoms with Gasteiger partial charge in [0, 0.05) is 30.7 Å². The summed E-state index contributed by atoms with van der Waals surface area (Å²) < 4.78 is 28.7. The summed E-state index contributed by atoms with van der Waals surface area (Å²) in [7, 11) is -1.65. The summed E-state index contributed by atoms with van der Waals surface area (Å²) in [5.74, 6) is 0. The lowest BCUT2D eigenvalue weighted by Crippen LogP contribution is -2.49. The van der Waals surface area contributed by atoms with E-state index in [1.54, 1.807) is 15.9 Å². The molecule has 0 aliphatic carbocycles. The third-order valence-electron chi connectivity index (χ3n) is 2.97. The summed E-state index contributed by atoms with van der Waals surface area (Å²) in [5, 5.41) is 5.22. The highest BCUT2D eigenvalue weighted by Crippen LogP contribution is 2.22. The van der Waals surface area contributed by atoms with Crippen LogP contribution in [0.3, 0.4) is 0 Å². The van der Waals surface area contributed by atoms with Gasteiger partial charge in [-0.3, -0.25) is 0 Å². The SMILES string of the molecule is CNCC1CCCCN1S(=O)(=O)Nc1nccs1. The Morgan fingerprint density at radius 1 is 1.56 bits per heavy atom. The number of rotatable bonds is 5. The van der Waals surface area contributed by atoms with E-state index in [4.69, 9.17) is 0 Å². The normalized spacial score (nSPS) is 21.9. The molecular formula is C10H18N4O2S2. The van der Waals surface area contributed by atoms with Crippen molar-refractivity contribution in [3.05, 3.63) is 11.6 Å². The topological polar surface area (TPSA) is 74.3 Å². The minimum absolute atomic E-state index is 0.0289. The van der Waals surface area contributed by atoms with Gasteiger partial charge in [-0.15, -0.1) is 11.3 Å². The summed E-state index contributed by atoms with van der Waals surface area (Å²) >= 11 is 1.28. The van der Waals surface area contributed by atoms with Gasteiger partial charge in [-0.05, 0) is 19.9 Å². The molecular weight excluding hydrogens is 272 g/mol. The molecule has 1 saturated heterocycles. The number of piperidine rings is 1. The molecule has 1 aromatic rings. The molecule has 6 nitrogen and oxygen atoms in total. The van der Waals surface area contributed by atoms with Crippen molar-refractivity contribution in [3.63, 3.8) is 0 Å². The zero-order valence-corrected chi connectivity index (χ0v) is 11.9. The molecule has 18 heavy (non-hydrogen) atoms. The van der Waals surface area contributed by atoms with Gasteiger partial charge in [-0.2, -0.15) is 12.7 Å². The van der Waals surface area contributed by atoms with Crippen LogP contribution < -0.4 is 10.0 Å². The average Bonchev–Trinajstić information content (AvgIpc) is 2.82. The number of hydrogen-bond donors (Lipinski definition) is 2. The first kappa shape index (κ1) is 13.7. The van der Waals surface area contributed by atoms with Crippen LogP contribution >= 0.6 is 11.3 Å². The second-order valence-corrected chi connectivity index (χ2v) is 6.78. The fourth-order valence-electron chi connectivity index (χ4n) is 2.17. The monoisotopic (exact) mass is 290 g/mol. The van der Waals surface area contributed by atoms with Gasteiger partial charge >= 0.3 is 10.2 Å². The number of aromatic nitrogens is 1. The first-order valence-corrected chi connectivity index (χ1v) is 8.29. The first-order chi connectivity index (χ1) is 8.63. The van der Waals surface area contributed by atoms with Crippen molar-refractivity contribution in [2.75, 3.05) is 24.9 Å². The van der Waals surface area contributed by atoms with Gasteiger partial charge in [-0.1, -0.05) is 6.42 Å². The van der Waals surface area contributed by atoms with Crippen LogP contribution in [0.15, 0.2) is 11.6 Å². The maximum absolute atomic E-state index is 12.3. The van der Waals surface area contributed by atoms with Gasteiger partial charge in [-0.25, -0.2) is 9.71 Å². The van der Waals surface area contributed by atoms with Crippen molar-refractivity contribution in [1.29, 1.82) is 0 Å². The molecule has 0 bridgehead atoms. The molecule has 1 atom stereocenters. The zero-order chi connectivity index (χ0) is 13.0. The Labute approximate surface area is 112 Å². The van der Waals surface area contributed by atoms with Gasteiger partial charge < -0.3 is 5.32 Å². The molecule has 0 saturated carbocycles. The van der Waals surface area contributed by atoms with Crippen LogP contribution in [0.2, 0.25) is 0 Å². The van der Waals surface area contributed by atoms with E-state index in [2.05, 4.69) is 15.0 Å². The van der Waals surface area contributed by atoms with E-state index in [1.165, 1.54) is 11.3 Å². The second kappa shape index (κ2) is 5.96. The highest BCUT2D eigenvalue weighted by Gasteiger charge is 2.32. The van der Waals surface area contributed by atoms with Gasteiger partial charge in [0.1, 0.15) is 0 Å². The lowest BCUT2D eigenvalue weighted by Gasteiger charge is -2.34. The van der Waals surface area contributed by atoms with E-state index in [1.807, 2.05) is 7.05 Å². The molecule has 0 aromatic carbocycles. The maximum atomic E-state index is 12.3. The van der Waals surface area contributed by atoms with Crippen LogP contribution in [-0.4, -0.2) is 43.9 Å². The van der Waals surface area contributed by atoms with Crippen molar-refractivity contribution >= 4 is 26.7 Å². The molecule has 1 fully saturated rings. The molecule has 2 N–H and O–H groups in total. The number of nitrogens with one attached hydrogen (secondary N) is 2. The first-order valence-electron chi connectivity index (χ1n) is 5.97. The number of likely N-dealkylation sites (N-methyl/N-ethyl adjacent to an activating group) is 1. The molecule has 1 aromatic heterocycles. The van der Waals surface area contributed by atoms with Crippen molar-refractivity contribution in [2.24, 2.45) is 0 Å². The van der Waals surface area contributed by atoms with Crippen LogP contribution in [0.25, 0.3) is 0 Å². The van der Waals surface area contributed by atoms with Crippen molar-refractivity contribution < 1.29 is 8.42 Å². The van der Waals surface area contributed by atoms with Gasteiger partial charge in [0.15, 0.2) is 5.13 Å². The number of hydrogen-bond acceptors (Lipinski definition) is 5. The maximum Gasteiger partial charge on any atom is 0.303 e. The summed E-state index contributed by atoms with van der Waals surface area (Å²) in [6.45, 7) is 1.26. The summed E-state index contributed by atoms with van der Waals surface area (Å²) in [5.41, 5.74) is 0. The Kier molecular flexibility index (Phi) is 4.55. The molecule has 1 aliphatic rings. The van der Waals surface area contributed by atoms with E-state index >= 15 is 0 Å². The van der Waals surface area contributed by atoms with E-state index in [0.717, 1.165) is 19.3 Å².